The summed E-state index contributed by atoms with van der Waals surface area (Å²) in [5.74, 6) is -0.310. The van der Waals surface area contributed by atoms with E-state index in [0.717, 1.165) is 5.56 Å². The zero-order valence-electron chi connectivity index (χ0n) is 14.4. The van der Waals surface area contributed by atoms with Crippen molar-refractivity contribution in [3.05, 3.63) is 59.7 Å². The number of anilines is 1. The van der Waals surface area contributed by atoms with Crippen LogP contribution >= 0.6 is 0 Å². The molecular weight excluding hydrogens is 340 g/mol. The normalized spacial score (nSPS) is 11.5. The highest BCUT2D eigenvalue weighted by Crippen LogP contribution is 2.15. The quantitative estimate of drug-likeness (QED) is 0.793. The minimum atomic E-state index is -3.57. The number of benzene rings is 2. The maximum Gasteiger partial charge on any atom is 0.255 e. The Labute approximate surface area is 148 Å². The van der Waals surface area contributed by atoms with E-state index in [0.29, 0.717) is 17.9 Å². The van der Waals surface area contributed by atoms with Crippen molar-refractivity contribution in [3.8, 4) is 0 Å². The molecule has 0 aliphatic carbocycles. The predicted molar refractivity (Wildman–Crippen MR) is 97.0 cm³/mol. The van der Waals surface area contributed by atoms with E-state index in [1.165, 1.54) is 24.3 Å². The van der Waals surface area contributed by atoms with Gasteiger partial charge in [-0.15, -0.1) is 0 Å². The maximum atomic E-state index is 12.3. The molecule has 2 N–H and O–H groups in total. The number of hydrogen-bond acceptors (Lipinski definition) is 4. The van der Waals surface area contributed by atoms with E-state index in [1.54, 1.807) is 27.0 Å². The predicted octanol–water partition coefficient (Wildman–Crippen LogP) is 2.77. The Kier molecular flexibility index (Phi) is 6.30. The van der Waals surface area contributed by atoms with Gasteiger partial charge >= 0.3 is 0 Å². The van der Waals surface area contributed by atoms with Crippen LogP contribution in [0.15, 0.2) is 53.4 Å². The van der Waals surface area contributed by atoms with Gasteiger partial charge in [0.1, 0.15) is 0 Å². The molecule has 0 saturated heterocycles. The summed E-state index contributed by atoms with van der Waals surface area (Å²) in [4.78, 5) is 12.4. The van der Waals surface area contributed by atoms with E-state index >= 15 is 0 Å². The van der Waals surface area contributed by atoms with E-state index in [9.17, 15) is 13.2 Å². The van der Waals surface area contributed by atoms with Crippen molar-refractivity contribution in [3.63, 3.8) is 0 Å². The lowest BCUT2D eigenvalue weighted by Gasteiger charge is -2.10. The molecule has 134 valence electrons. The topological polar surface area (TPSA) is 84.5 Å². The first kappa shape index (κ1) is 19.1. The van der Waals surface area contributed by atoms with Gasteiger partial charge in [-0.25, -0.2) is 13.1 Å². The standard InChI is InChI=1S/C18H22N2O4S/c1-13(2)20-25(22,23)17-9-7-15(8-10-17)18(21)19-16-6-4-5-14(11-16)12-24-3/h4-11,13,20H,12H2,1-3H3,(H,19,21). The van der Waals surface area contributed by atoms with E-state index in [-0.39, 0.29) is 16.8 Å². The average Bonchev–Trinajstić information content (AvgIpc) is 2.54. The number of carbonyl (C=O) groups excluding carboxylic acids is 1. The summed E-state index contributed by atoms with van der Waals surface area (Å²) >= 11 is 0. The Balaban J connectivity index is 2.12. The second-order valence-corrected chi connectivity index (χ2v) is 7.60. The molecule has 6 nitrogen and oxygen atoms in total. The van der Waals surface area contributed by atoms with Crippen LogP contribution in [0.5, 0.6) is 0 Å². The molecule has 25 heavy (non-hydrogen) atoms. The average molecular weight is 362 g/mol. The summed E-state index contributed by atoms with van der Waals surface area (Å²) in [6.45, 7) is 3.95. The number of amides is 1. The first-order chi connectivity index (χ1) is 11.8. The smallest absolute Gasteiger partial charge is 0.255 e. The molecule has 0 fully saturated rings. The zero-order valence-corrected chi connectivity index (χ0v) is 15.3. The number of hydrogen-bond donors (Lipinski definition) is 2. The molecular formula is C18H22N2O4S. The van der Waals surface area contributed by atoms with Gasteiger partial charge in [-0.2, -0.15) is 0 Å². The van der Waals surface area contributed by atoms with Crippen LogP contribution in [0.4, 0.5) is 5.69 Å². The van der Waals surface area contributed by atoms with Crippen LogP contribution in [-0.4, -0.2) is 27.5 Å². The van der Waals surface area contributed by atoms with Gasteiger partial charge in [0, 0.05) is 24.4 Å². The molecule has 0 atom stereocenters. The number of rotatable bonds is 7. The van der Waals surface area contributed by atoms with Crippen molar-refractivity contribution in [2.75, 3.05) is 12.4 Å². The molecule has 0 aliphatic rings. The molecule has 0 spiro atoms. The Morgan fingerprint density at radius 2 is 1.80 bits per heavy atom. The fourth-order valence-electron chi connectivity index (χ4n) is 2.27. The van der Waals surface area contributed by atoms with Crippen LogP contribution in [0.2, 0.25) is 0 Å². The van der Waals surface area contributed by atoms with Crippen LogP contribution in [0.3, 0.4) is 0 Å². The van der Waals surface area contributed by atoms with Crippen LogP contribution in [0.25, 0.3) is 0 Å². The molecule has 0 heterocycles. The lowest BCUT2D eigenvalue weighted by Crippen LogP contribution is -2.30. The van der Waals surface area contributed by atoms with Crippen LogP contribution in [-0.2, 0) is 21.4 Å². The molecule has 0 unspecified atom stereocenters. The molecule has 2 aromatic carbocycles. The van der Waals surface area contributed by atoms with E-state index in [2.05, 4.69) is 10.0 Å². The lowest BCUT2D eigenvalue weighted by molar-refractivity contribution is 0.102. The summed E-state index contributed by atoms with van der Waals surface area (Å²) in [7, 11) is -1.96. The van der Waals surface area contributed by atoms with Gasteiger partial charge in [-0.1, -0.05) is 12.1 Å². The van der Waals surface area contributed by atoms with Gasteiger partial charge in [-0.3, -0.25) is 4.79 Å². The molecule has 0 bridgehead atoms. The van der Waals surface area contributed by atoms with Gasteiger partial charge in [0.2, 0.25) is 10.0 Å². The zero-order chi connectivity index (χ0) is 18.4. The van der Waals surface area contributed by atoms with Gasteiger partial charge in [0.15, 0.2) is 0 Å². The summed E-state index contributed by atoms with van der Waals surface area (Å²) < 4.78 is 31.8. The minimum absolute atomic E-state index is 0.125. The van der Waals surface area contributed by atoms with Crippen molar-refractivity contribution in [2.45, 2.75) is 31.4 Å². The van der Waals surface area contributed by atoms with Crippen molar-refractivity contribution < 1.29 is 17.9 Å². The number of ether oxygens (including phenoxy) is 1. The van der Waals surface area contributed by atoms with Gasteiger partial charge in [0.05, 0.1) is 11.5 Å². The van der Waals surface area contributed by atoms with E-state index in [1.807, 2.05) is 18.2 Å². The van der Waals surface area contributed by atoms with Gasteiger partial charge in [0.25, 0.3) is 5.91 Å². The number of carbonyl (C=O) groups is 1. The highest BCUT2D eigenvalue weighted by Gasteiger charge is 2.16. The third kappa shape index (κ3) is 5.38. The molecule has 2 rings (SSSR count). The van der Waals surface area contributed by atoms with Crippen molar-refractivity contribution in [1.29, 1.82) is 0 Å². The fourth-order valence-corrected chi connectivity index (χ4v) is 3.52. The summed E-state index contributed by atoms with van der Waals surface area (Å²) in [6.07, 6.45) is 0. The largest absolute Gasteiger partial charge is 0.380 e. The molecule has 7 heteroatoms. The Bertz CT molecular complexity index is 830. The number of sulfonamides is 1. The van der Waals surface area contributed by atoms with Crippen LogP contribution in [0, 0.1) is 0 Å². The van der Waals surface area contributed by atoms with Crippen molar-refractivity contribution >= 4 is 21.6 Å². The Hall–Kier alpha value is -2.22. The van der Waals surface area contributed by atoms with Crippen LogP contribution < -0.4 is 10.0 Å². The second kappa shape index (κ2) is 8.24. The Morgan fingerprint density at radius 1 is 1.12 bits per heavy atom. The number of methoxy groups -OCH3 is 1. The summed E-state index contributed by atoms with van der Waals surface area (Å²) in [6, 6.07) is 13.0. The minimum Gasteiger partial charge on any atom is -0.380 e. The van der Waals surface area contributed by atoms with Crippen LogP contribution in [0.1, 0.15) is 29.8 Å². The van der Waals surface area contributed by atoms with E-state index in [4.69, 9.17) is 4.74 Å². The van der Waals surface area contributed by atoms with E-state index < -0.39 is 10.0 Å². The monoisotopic (exact) mass is 362 g/mol. The van der Waals surface area contributed by atoms with Gasteiger partial charge in [-0.05, 0) is 55.8 Å². The highest BCUT2D eigenvalue weighted by atomic mass is 32.2. The summed E-state index contributed by atoms with van der Waals surface area (Å²) in [5.41, 5.74) is 1.97. The molecule has 0 saturated carbocycles. The number of nitrogens with one attached hydrogen (secondary N) is 2. The lowest BCUT2D eigenvalue weighted by atomic mass is 10.2. The molecule has 0 aromatic heterocycles. The van der Waals surface area contributed by atoms with Crippen molar-refractivity contribution in [1.82, 2.24) is 4.72 Å². The first-order valence-electron chi connectivity index (χ1n) is 7.83. The van der Waals surface area contributed by atoms with Gasteiger partial charge < -0.3 is 10.1 Å². The highest BCUT2D eigenvalue weighted by molar-refractivity contribution is 7.89. The SMILES string of the molecule is COCc1cccc(NC(=O)c2ccc(S(=O)(=O)NC(C)C)cc2)c1. The summed E-state index contributed by atoms with van der Waals surface area (Å²) in [5, 5.41) is 2.79. The maximum absolute atomic E-state index is 12.3. The molecule has 0 radical (unpaired) electrons. The molecule has 1 amide bonds. The first-order valence-corrected chi connectivity index (χ1v) is 9.32. The second-order valence-electron chi connectivity index (χ2n) is 5.89. The molecule has 2 aromatic rings. The molecule has 0 aliphatic heterocycles. The third-order valence-corrected chi connectivity index (χ3v) is 4.99. The fraction of sp³-hybridized carbons (Fsp3) is 0.278. The van der Waals surface area contributed by atoms with Crippen molar-refractivity contribution in [2.24, 2.45) is 0 Å². The third-order valence-electron chi connectivity index (χ3n) is 3.31. The Morgan fingerprint density at radius 3 is 2.40 bits per heavy atom.